The van der Waals surface area contributed by atoms with Gasteiger partial charge in [0.1, 0.15) is 11.9 Å². The normalized spacial score (nSPS) is 15.4. The number of nitrogen functional groups attached to an aromatic ring is 1. The number of halogens is 2. The van der Waals surface area contributed by atoms with Crippen LogP contribution < -0.4 is 20.1 Å². The van der Waals surface area contributed by atoms with Crippen LogP contribution in [-0.4, -0.2) is 31.3 Å². The molecule has 0 spiro atoms. The lowest BCUT2D eigenvalue weighted by atomic mass is 10.1. The van der Waals surface area contributed by atoms with Crippen LogP contribution in [0.5, 0.6) is 11.6 Å². The molecule has 1 aromatic heterocycles. The summed E-state index contributed by atoms with van der Waals surface area (Å²) in [5, 5.41) is 0. The van der Waals surface area contributed by atoms with Crippen molar-refractivity contribution >= 4 is 11.5 Å². The first-order valence-electron chi connectivity index (χ1n) is 7.74. The zero-order valence-electron chi connectivity index (χ0n) is 13.3. The summed E-state index contributed by atoms with van der Waals surface area (Å²) in [5.41, 5.74) is 6.57. The monoisotopic (exact) mass is 335 g/mol. The number of hydrogen-bond acceptors (Lipinski definition) is 5. The van der Waals surface area contributed by atoms with Gasteiger partial charge in [0.25, 0.3) is 0 Å². The van der Waals surface area contributed by atoms with Gasteiger partial charge < -0.3 is 20.1 Å². The molecule has 1 saturated heterocycles. The number of piperidine rings is 1. The predicted molar refractivity (Wildman–Crippen MR) is 87.4 cm³/mol. The Balaban J connectivity index is 1.63. The molecule has 2 N–H and O–H groups in total. The molecule has 7 heteroatoms. The Morgan fingerprint density at radius 1 is 1.17 bits per heavy atom. The van der Waals surface area contributed by atoms with Gasteiger partial charge in [-0.2, -0.15) is 4.98 Å². The second kappa shape index (κ2) is 6.90. The Labute approximate surface area is 139 Å². The van der Waals surface area contributed by atoms with Gasteiger partial charge >= 0.3 is 0 Å². The van der Waals surface area contributed by atoms with Crippen molar-refractivity contribution in [3.8, 4) is 11.6 Å². The minimum Gasteiger partial charge on any atom is -0.487 e. The van der Waals surface area contributed by atoms with Crippen LogP contribution in [0.15, 0.2) is 30.3 Å². The van der Waals surface area contributed by atoms with E-state index in [0.29, 0.717) is 43.3 Å². The summed E-state index contributed by atoms with van der Waals surface area (Å²) in [7, 11) is 1.56. The van der Waals surface area contributed by atoms with Crippen LogP contribution in [0.1, 0.15) is 12.8 Å². The Bertz CT molecular complexity index is 719. The first-order chi connectivity index (χ1) is 11.6. The SMILES string of the molecule is COc1ccc(N)c(N2CCC(Oc3ccc(F)cc3F)CC2)n1. The zero-order valence-corrected chi connectivity index (χ0v) is 13.3. The number of pyridine rings is 1. The third-order valence-electron chi connectivity index (χ3n) is 4.02. The van der Waals surface area contributed by atoms with Crippen LogP contribution in [0, 0.1) is 11.6 Å². The number of hydrogen-bond donors (Lipinski definition) is 1. The Hall–Kier alpha value is -2.57. The molecule has 0 atom stereocenters. The maximum Gasteiger partial charge on any atom is 0.215 e. The van der Waals surface area contributed by atoms with Gasteiger partial charge in [-0.15, -0.1) is 0 Å². The Morgan fingerprint density at radius 2 is 1.92 bits per heavy atom. The number of anilines is 2. The molecule has 1 aromatic carbocycles. The van der Waals surface area contributed by atoms with Gasteiger partial charge in [0.15, 0.2) is 17.4 Å². The second-order valence-corrected chi connectivity index (χ2v) is 5.65. The highest BCUT2D eigenvalue weighted by Crippen LogP contribution is 2.28. The molecular weight excluding hydrogens is 316 g/mol. The van der Waals surface area contributed by atoms with Crippen LogP contribution >= 0.6 is 0 Å². The predicted octanol–water partition coefficient (Wildman–Crippen LogP) is 3.00. The molecule has 0 unspecified atom stereocenters. The van der Waals surface area contributed by atoms with E-state index in [0.717, 1.165) is 6.07 Å². The van der Waals surface area contributed by atoms with Gasteiger partial charge in [0, 0.05) is 38.1 Å². The maximum absolute atomic E-state index is 13.7. The van der Waals surface area contributed by atoms with Gasteiger partial charge in [-0.3, -0.25) is 0 Å². The quantitative estimate of drug-likeness (QED) is 0.931. The fraction of sp³-hybridized carbons (Fsp3) is 0.353. The molecule has 5 nitrogen and oxygen atoms in total. The van der Waals surface area contributed by atoms with Crippen LogP contribution in [0.25, 0.3) is 0 Å². The number of ether oxygens (including phenoxy) is 2. The summed E-state index contributed by atoms with van der Waals surface area (Å²) in [6.07, 6.45) is 1.25. The molecule has 24 heavy (non-hydrogen) atoms. The van der Waals surface area contributed by atoms with E-state index >= 15 is 0 Å². The highest BCUT2D eigenvalue weighted by atomic mass is 19.1. The van der Waals surface area contributed by atoms with Crippen molar-refractivity contribution in [3.05, 3.63) is 42.0 Å². The van der Waals surface area contributed by atoms with Crippen molar-refractivity contribution in [2.24, 2.45) is 0 Å². The lowest BCUT2D eigenvalue weighted by Gasteiger charge is -2.33. The van der Waals surface area contributed by atoms with Gasteiger partial charge in [0.05, 0.1) is 12.8 Å². The molecule has 1 aliphatic rings. The average Bonchev–Trinajstić information content (AvgIpc) is 2.59. The summed E-state index contributed by atoms with van der Waals surface area (Å²) >= 11 is 0. The van der Waals surface area contributed by atoms with Crippen molar-refractivity contribution in [2.75, 3.05) is 30.8 Å². The summed E-state index contributed by atoms with van der Waals surface area (Å²) in [6.45, 7) is 1.36. The lowest BCUT2D eigenvalue weighted by Crippen LogP contribution is -2.39. The number of nitrogens with two attached hydrogens (primary N) is 1. The molecular formula is C17H19F2N3O2. The average molecular weight is 335 g/mol. The van der Waals surface area contributed by atoms with Crippen molar-refractivity contribution < 1.29 is 18.3 Å². The van der Waals surface area contributed by atoms with Crippen LogP contribution in [0.4, 0.5) is 20.3 Å². The van der Waals surface area contributed by atoms with Gasteiger partial charge in [-0.05, 0) is 18.2 Å². The minimum atomic E-state index is -0.684. The van der Waals surface area contributed by atoms with Gasteiger partial charge in [-0.1, -0.05) is 0 Å². The first-order valence-corrected chi connectivity index (χ1v) is 7.74. The smallest absolute Gasteiger partial charge is 0.215 e. The highest BCUT2D eigenvalue weighted by molar-refractivity contribution is 5.63. The van der Waals surface area contributed by atoms with E-state index in [2.05, 4.69) is 9.88 Å². The second-order valence-electron chi connectivity index (χ2n) is 5.65. The molecule has 0 aliphatic carbocycles. The zero-order chi connectivity index (χ0) is 17.1. The molecule has 128 valence electrons. The van der Waals surface area contributed by atoms with E-state index in [4.69, 9.17) is 15.2 Å². The molecule has 3 rings (SSSR count). The molecule has 1 aliphatic heterocycles. The summed E-state index contributed by atoms with van der Waals surface area (Å²) in [5.74, 6) is -0.0361. The number of aromatic nitrogens is 1. The topological polar surface area (TPSA) is 60.6 Å². The van der Waals surface area contributed by atoms with E-state index in [1.165, 1.54) is 12.1 Å². The fourth-order valence-electron chi connectivity index (χ4n) is 2.74. The number of rotatable bonds is 4. The van der Waals surface area contributed by atoms with E-state index in [-0.39, 0.29) is 11.9 Å². The number of methoxy groups -OCH3 is 1. The molecule has 0 amide bonds. The van der Waals surface area contributed by atoms with Crippen molar-refractivity contribution in [2.45, 2.75) is 18.9 Å². The maximum atomic E-state index is 13.7. The minimum absolute atomic E-state index is 0.0777. The first kappa shape index (κ1) is 16.3. The number of benzene rings is 1. The standard InChI is InChI=1S/C17H19F2N3O2/c1-23-16-5-3-14(20)17(21-16)22-8-6-12(7-9-22)24-15-4-2-11(18)10-13(15)19/h2-5,10,12H,6-9,20H2,1H3. The molecule has 2 heterocycles. The molecule has 0 saturated carbocycles. The lowest BCUT2D eigenvalue weighted by molar-refractivity contribution is 0.163. The third kappa shape index (κ3) is 3.50. The van der Waals surface area contributed by atoms with Crippen LogP contribution in [0.2, 0.25) is 0 Å². The van der Waals surface area contributed by atoms with Crippen LogP contribution in [0.3, 0.4) is 0 Å². The highest BCUT2D eigenvalue weighted by Gasteiger charge is 2.24. The van der Waals surface area contributed by atoms with E-state index < -0.39 is 11.6 Å². The molecule has 2 aromatic rings. The third-order valence-corrected chi connectivity index (χ3v) is 4.02. The summed E-state index contributed by atoms with van der Waals surface area (Å²) < 4.78 is 37.4. The van der Waals surface area contributed by atoms with E-state index in [1.54, 1.807) is 19.2 Å². The van der Waals surface area contributed by atoms with Crippen molar-refractivity contribution in [1.82, 2.24) is 4.98 Å². The summed E-state index contributed by atoms with van der Waals surface area (Å²) in [4.78, 5) is 6.44. The van der Waals surface area contributed by atoms with Gasteiger partial charge in [0.2, 0.25) is 5.88 Å². The molecule has 1 fully saturated rings. The summed E-state index contributed by atoms with van der Waals surface area (Å²) in [6, 6.07) is 6.81. The molecule has 0 bridgehead atoms. The van der Waals surface area contributed by atoms with Gasteiger partial charge in [-0.25, -0.2) is 8.78 Å². The van der Waals surface area contributed by atoms with Crippen LogP contribution in [-0.2, 0) is 0 Å². The van der Waals surface area contributed by atoms with Crippen molar-refractivity contribution in [1.29, 1.82) is 0 Å². The van der Waals surface area contributed by atoms with E-state index in [1.807, 2.05) is 0 Å². The van der Waals surface area contributed by atoms with E-state index in [9.17, 15) is 8.78 Å². The van der Waals surface area contributed by atoms with Crippen molar-refractivity contribution in [3.63, 3.8) is 0 Å². The Kier molecular flexibility index (Phi) is 4.69. The fourth-order valence-corrected chi connectivity index (χ4v) is 2.74. The molecule has 0 radical (unpaired) electrons. The largest absolute Gasteiger partial charge is 0.487 e. The number of nitrogens with zero attached hydrogens (tertiary/aromatic N) is 2. The Morgan fingerprint density at radius 3 is 2.58 bits per heavy atom.